The number of anilines is 1. The number of phenols is 2. The molecule has 3 amide bonds. The van der Waals surface area contributed by atoms with Crippen LogP contribution in [0, 0.1) is 11.2 Å². The van der Waals surface area contributed by atoms with Gasteiger partial charge in [-0.3, -0.25) is 24.1 Å². The number of benzene rings is 1. The zero-order valence-corrected chi connectivity index (χ0v) is 30.7. The van der Waals surface area contributed by atoms with Gasteiger partial charge in [0.05, 0.1) is 26.1 Å². The third-order valence-corrected chi connectivity index (χ3v) is 12.7. The number of carboxylic acids is 3. The first kappa shape index (κ1) is 39.2. The van der Waals surface area contributed by atoms with Crippen LogP contribution in [0.1, 0.15) is 48.7 Å². The number of hydrogen-bond donors (Lipinski definition) is 8. The van der Waals surface area contributed by atoms with E-state index in [9.17, 15) is 53.6 Å². The Bertz CT molecular complexity index is 1990. The molecule has 0 aliphatic carbocycles. The van der Waals surface area contributed by atoms with Crippen LogP contribution in [-0.4, -0.2) is 137 Å². The van der Waals surface area contributed by atoms with Gasteiger partial charge in [-0.2, -0.15) is 0 Å². The van der Waals surface area contributed by atoms with E-state index in [4.69, 9.17) is 15.7 Å². The van der Waals surface area contributed by atoms with Gasteiger partial charge in [0.25, 0.3) is 17.7 Å². The molecule has 4 saturated heterocycles. The minimum absolute atomic E-state index is 0.0266. The Morgan fingerprint density at radius 3 is 2.38 bits per heavy atom. The molecule has 0 saturated carbocycles. The van der Waals surface area contributed by atoms with E-state index in [2.05, 4.69) is 20.8 Å². The molecule has 9 N–H and O–H groups in total. The van der Waals surface area contributed by atoms with Gasteiger partial charge >= 0.3 is 17.9 Å². The van der Waals surface area contributed by atoms with Crippen LogP contribution in [0.2, 0.25) is 0 Å². The van der Waals surface area contributed by atoms with Crippen molar-refractivity contribution in [2.24, 2.45) is 10.6 Å². The lowest BCUT2D eigenvalue weighted by Gasteiger charge is -2.56. The molecule has 5 aliphatic rings. The summed E-state index contributed by atoms with van der Waals surface area (Å²) in [6, 6.07) is 0.624. The van der Waals surface area contributed by atoms with Crippen molar-refractivity contribution in [3.63, 3.8) is 0 Å². The van der Waals surface area contributed by atoms with Crippen molar-refractivity contribution in [3.05, 3.63) is 45.9 Å². The molecule has 22 heteroatoms. The molecule has 4 unspecified atom stereocenters. The highest BCUT2D eigenvalue weighted by atomic mass is 32.2. The molecule has 55 heavy (non-hydrogen) atoms. The number of piperidine rings is 3. The van der Waals surface area contributed by atoms with Crippen molar-refractivity contribution in [1.29, 1.82) is 0 Å². The quantitative estimate of drug-likeness (QED) is 0.0424. The van der Waals surface area contributed by atoms with E-state index >= 15 is 0 Å². The van der Waals surface area contributed by atoms with Gasteiger partial charge < -0.3 is 51.2 Å². The third kappa shape index (κ3) is 7.73. The zero-order valence-electron chi connectivity index (χ0n) is 29.1. The summed E-state index contributed by atoms with van der Waals surface area (Å²) < 4.78 is 14.5. The smallest absolute Gasteiger partial charge is 0.352 e. The van der Waals surface area contributed by atoms with Crippen LogP contribution in [-0.2, 0) is 28.8 Å². The second-order valence-electron chi connectivity index (χ2n) is 14.0. The Hall–Kier alpha value is -5.48. The zero-order chi connectivity index (χ0) is 40.0. The van der Waals surface area contributed by atoms with Crippen LogP contribution in [0.4, 0.5) is 9.52 Å². The summed E-state index contributed by atoms with van der Waals surface area (Å²) in [6.45, 7) is 4.51. The molecule has 1 aromatic carbocycles. The number of nitrogens with one attached hydrogen (secondary N) is 2. The summed E-state index contributed by atoms with van der Waals surface area (Å²) in [5.74, 6) is -9.57. The summed E-state index contributed by atoms with van der Waals surface area (Å²) in [5.41, 5.74) is 5.03. The number of amides is 3. The number of halogens is 1. The molecule has 19 nitrogen and oxygen atoms in total. The van der Waals surface area contributed by atoms with Crippen LogP contribution in [0.3, 0.4) is 0 Å². The Morgan fingerprint density at radius 1 is 1.15 bits per heavy atom. The number of quaternary nitrogens is 1. The molecule has 7 rings (SSSR count). The van der Waals surface area contributed by atoms with Crippen molar-refractivity contribution < 1.29 is 68.0 Å². The van der Waals surface area contributed by atoms with E-state index in [0.717, 1.165) is 28.4 Å². The van der Waals surface area contributed by atoms with Gasteiger partial charge in [0.2, 0.25) is 6.10 Å². The van der Waals surface area contributed by atoms with Crippen LogP contribution >= 0.6 is 23.1 Å². The second-order valence-corrected chi connectivity index (χ2v) is 16.3. The number of carbonyl (C=O) groups is 6. The molecule has 5 aliphatic heterocycles. The topological polar surface area (TPSA) is 291 Å². The van der Waals surface area contributed by atoms with E-state index in [-0.39, 0.29) is 32.8 Å². The molecular formula is C33H37FN7O12S2+. The van der Waals surface area contributed by atoms with E-state index in [1.165, 1.54) is 17.1 Å². The number of nitrogens with two attached hydrogens (primary N) is 1. The normalized spacial score (nSPS) is 26.4. The Labute approximate surface area is 319 Å². The van der Waals surface area contributed by atoms with Gasteiger partial charge in [0.1, 0.15) is 29.4 Å². The number of nitrogens with zero attached hydrogens (tertiary/aromatic N) is 4. The molecule has 294 valence electrons. The number of oxime groups is 1. The minimum Gasteiger partial charge on any atom is -0.504 e. The van der Waals surface area contributed by atoms with E-state index < -0.39 is 82.6 Å². The van der Waals surface area contributed by atoms with Crippen molar-refractivity contribution in [3.8, 4) is 11.5 Å². The van der Waals surface area contributed by atoms with Crippen LogP contribution < -0.4 is 16.4 Å². The minimum atomic E-state index is -1.95. The average Bonchev–Trinajstić information content (AvgIpc) is 3.57. The standard InChI is InChI=1S/C33H36FN7O12S2/c1-14-16(11-41-5-2-33(3-6-41,4-7-41)13-36-26(46)15-8-17(34)25(45)19(42)9-15)24(31(51)52)40-28(48)23(29(40)55-14)38-27(47)22(18-12-54-32(35)37-18)39-53-20(30(49)50)10-21(43)44/h8-9,12,14,20,23,29H,2-7,10-11,13H2,1H3,(H8-,35,36,37,38,39,42,43,44,45,46,47,49,50,51,52)/p+1. The first-order valence-corrected chi connectivity index (χ1v) is 18.8. The van der Waals surface area contributed by atoms with Gasteiger partial charge in [0, 0.05) is 53.0 Å². The monoisotopic (exact) mass is 806 g/mol. The fraction of sp³-hybridized carbons (Fsp3) is 0.455. The van der Waals surface area contributed by atoms with Gasteiger partial charge in [-0.25, -0.2) is 19.0 Å². The van der Waals surface area contributed by atoms with Gasteiger partial charge in [0.15, 0.2) is 28.2 Å². The number of carboxylic acid groups (broad SMARTS) is 3. The number of aliphatic carboxylic acids is 3. The lowest BCUT2D eigenvalue weighted by Crippen LogP contribution is -2.72. The Kier molecular flexibility index (Phi) is 10.7. The lowest BCUT2D eigenvalue weighted by molar-refractivity contribution is -0.941. The number of aromatic nitrogens is 1. The molecule has 4 atom stereocenters. The fourth-order valence-corrected chi connectivity index (χ4v) is 9.38. The molecule has 6 heterocycles. The average molecular weight is 807 g/mol. The predicted molar refractivity (Wildman–Crippen MR) is 190 cm³/mol. The van der Waals surface area contributed by atoms with Crippen molar-refractivity contribution in [2.75, 3.05) is 38.5 Å². The SMILES string of the molecule is CC1SC2C(NC(=O)C(=NOC(CC(=O)O)C(=O)O)c3csc(N)n3)C(=O)N2C(C(=O)O)=C1C[N+]12CCC(CNC(=O)c3cc(O)c(O)c(F)c3)(CC1)CC2. The third-order valence-electron chi connectivity index (χ3n) is 10.6. The maximum atomic E-state index is 13.9. The largest absolute Gasteiger partial charge is 0.504 e. The first-order chi connectivity index (χ1) is 25.9. The Morgan fingerprint density at radius 2 is 1.82 bits per heavy atom. The number of fused-ring (bicyclic) bond motifs is 4. The van der Waals surface area contributed by atoms with E-state index in [1.807, 2.05) is 6.92 Å². The number of rotatable bonds is 14. The van der Waals surface area contributed by atoms with E-state index in [0.29, 0.717) is 62.0 Å². The van der Waals surface area contributed by atoms with Gasteiger partial charge in [-0.1, -0.05) is 5.16 Å². The maximum Gasteiger partial charge on any atom is 0.352 e. The number of β-lactam (4-membered cyclic amide) rings is 1. The first-order valence-electron chi connectivity index (χ1n) is 16.9. The summed E-state index contributed by atoms with van der Waals surface area (Å²) in [5, 5.41) is 57.0. The number of hydrogen-bond acceptors (Lipinski definition) is 14. The number of carbonyl (C=O) groups excluding carboxylic acids is 3. The molecule has 2 bridgehead atoms. The molecule has 0 radical (unpaired) electrons. The van der Waals surface area contributed by atoms with Gasteiger partial charge in [-0.15, -0.1) is 23.1 Å². The van der Waals surface area contributed by atoms with E-state index in [1.54, 1.807) is 0 Å². The van der Waals surface area contributed by atoms with Crippen LogP contribution in [0.25, 0.3) is 0 Å². The highest BCUT2D eigenvalue weighted by Gasteiger charge is 2.58. The van der Waals surface area contributed by atoms with Crippen LogP contribution in [0.5, 0.6) is 11.5 Å². The second kappa shape index (κ2) is 15.0. The Balaban J connectivity index is 1.13. The van der Waals surface area contributed by atoms with Crippen molar-refractivity contribution in [2.45, 2.75) is 55.4 Å². The molecule has 2 aromatic rings. The molecule has 0 spiro atoms. The summed E-state index contributed by atoms with van der Waals surface area (Å²) in [4.78, 5) is 85.2. The number of nitrogen functional groups attached to an aromatic ring is 1. The van der Waals surface area contributed by atoms with Gasteiger partial charge in [-0.05, 0) is 19.1 Å². The van der Waals surface area contributed by atoms with Crippen molar-refractivity contribution >= 4 is 69.6 Å². The number of thioether (sulfide) groups is 1. The number of aromatic hydroxyl groups is 2. The van der Waals surface area contributed by atoms with Crippen molar-refractivity contribution in [1.82, 2.24) is 20.5 Å². The fourth-order valence-electron chi connectivity index (χ4n) is 7.39. The highest BCUT2D eigenvalue weighted by molar-refractivity contribution is 8.00. The lowest BCUT2D eigenvalue weighted by atomic mass is 9.70. The summed E-state index contributed by atoms with van der Waals surface area (Å²) >= 11 is 2.22. The predicted octanol–water partition coefficient (Wildman–Crippen LogP) is 0.482. The molecule has 4 fully saturated rings. The van der Waals surface area contributed by atoms with Crippen LogP contribution in [0.15, 0.2) is 33.9 Å². The number of phenolic OH excluding ortho intramolecular Hbond substituents is 2. The number of thiazole rings is 1. The maximum absolute atomic E-state index is 13.9. The summed E-state index contributed by atoms with van der Waals surface area (Å²) in [7, 11) is 0. The molecular weight excluding hydrogens is 770 g/mol. The highest BCUT2D eigenvalue weighted by Crippen LogP contribution is 2.48. The molecule has 1 aromatic heterocycles. The summed E-state index contributed by atoms with van der Waals surface area (Å²) in [6.07, 6.45) is -0.789.